The number of hydrogen-bond acceptors (Lipinski definition) is 4. The molecule has 0 fully saturated rings. The number of rotatable bonds is 5. The van der Waals surface area contributed by atoms with E-state index in [1.165, 1.54) is 18.0 Å². The zero-order valence-electron chi connectivity index (χ0n) is 8.52. The highest BCUT2D eigenvalue weighted by atomic mass is 79.9. The first-order chi connectivity index (χ1) is 7.56. The highest BCUT2D eigenvalue weighted by Gasteiger charge is 2.19. The Morgan fingerprint density at radius 1 is 1.69 bits per heavy atom. The van der Waals surface area contributed by atoms with Crippen LogP contribution < -0.4 is 0 Å². The Labute approximate surface area is 111 Å². The van der Waals surface area contributed by atoms with Crippen molar-refractivity contribution in [3.63, 3.8) is 0 Å². The van der Waals surface area contributed by atoms with Crippen LogP contribution in [0.15, 0.2) is 21.8 Å². The normalized spacial score (nSPS) is 12.4. The molecule has 0 spiro atoms. The fourth-order valence-electron chi connectivity index (χ4n) is 1.07. The lowest BCUT2D eigenvalue weighted by atomic mass is 10.4. The van der Waals surface area contributed by atoms with Crippen LogP contribution in [-0.4, -0.2) is 21.0 Å². The molecule has 0 saturated heterocycles. The fourth-order valence-corrected chi connectivity index (χ4v) is 3.18. The minimum Gasteiger partial charge on any atom is -0.258 e. The van der Waals surface area contributed by atoms with Gasteiger partial charge < -0.3 is 0 Å². The van der Waals surface area contributed by atoms with E-state index in [1.807, 2.05) is 6.92 Å². The zero-order valence-corrected chi connectivity index (χ0v) is 11.7. The van der Waals surface area contributed by atoms with Gasteiger partial charge in [0.2, 0.25) is 0 Å². The summed E-state index contributed by atoms with van der Waals surface area (Å²) < 4.78 is 0.646. The first kappa shape index (κ1) is 13.7. The summed E-state index contributed by atoms with van der Waals surface area (Å²) in [4.78, 5) is 14.8. The maximum absolute atomic E-state index is 10.8. The average Bonchev–Trinajstić information content (AvgIpc) is 2.21. The summed E-state index contributed by atoms with van der Waals surface area (Å²) in [6.45, 7) is 1.99. The SMILES string of the molecule is CC(CCCl)Sc1c(Br)cncc1[N+](=O)[O-]. The molecule has 1 heterocycles. The summed E-state index contributed by atoms with van der Waals surface area (Å²) in [6.07, 6.45) is 3.63. The summed E-state index contributed by atoms with van der Waals surface area (Å²) in [5.74, 6) is 0.546. The minimum atomic E-state index is -0.423. The van der Waals surface area contributed by atoms with Crippen LogP contribution in [0.2, 0.25) is 0 Å². The van der Waals surface area contributed by atoms with Crippen molar-refractivity contribution in [2.45, 2.75) is 23.5 Å². The topological polar surface area (TPSA) is 56.0 Å². The van der Waals surface area contributed by atoms with Crippen molar-refractivity contribution in [1.29, 1.82) is 0 Å². The first-order valence-electron chi connectivity index (χ1n) is 4.56. The Bertz CT molecular complexity index is 392. The van der Waals surface area contributed by atoms with E-state index in [4.69, 9.17) is 11.6 Å². The number of alkyl halides is 1. The number of hydrogen-bond donors (Lipinski definition) is 0. The maximum atomic E-state index is 10.8. The third kappa shape index (κ3) is 3.61. The molecule has 1 rings (SSSR count). The quantitative estimate of drug-likeness (QED) is 0.357. The highest BCUT2D eigenvalue weighted by molar-refractivity contribution is 9.10. The average molecular weight is 326 g/mol. The predicted molar refractivity (Wildman–Crippen MR) is 69.2 cm³/mol. The lowest BCUT2D eigenvalue weighted by Crippen LogP contribution is -2.00. The first-order valence-corrected chi connectivity index (χ1v) is 6.77. The number of halogens is 2. The highest BCUT2D eigenvalue weighted by Crippen LogP contribution is 2.37. The van der Waals surface area contributed by atoms with E-state index in [9.17, 15) is 10.1 Å². The Balaban J connectivity index is 2.97. The van der Waals surface area contributed by atoms with Crippen molar-refractivity contribution >= 4 is 45.0 Å². The summed E-state index contributed by atoms with van der Waals surface area (Å²) in [7, 11) is 0. The molecule has 0 N–H and O–H groups in total. The van der Waals surface area contributed by atoms with Crippen LogP contribution in [0.25, 0.3) is 0 Å². The molecule has 0 aromatic carbocycles. The van der Waals surface area contributed by atoms with Crippen molar-refractivity contribution in [1.82, 2.24) is 4.98 Å². The number of nitrogens with zero attached hydrogens (tertiary/aromatic N) is 2. The van der Waals surface area contributed by atoms with E-state index in [0.717, 1.165) is 6.42 Å². The molecule has 4 nitrogen and oxygen atoms in total. The van der Waals surface area contributed by atoms with E-state index in [2.05, 4.69) is 20.9 Å². The summed E-state index contributed by atoms with van der Waals surface area (Å²) >= 11 is 10.3. The van der Waals surface area contributed by atoms with Gasteiger partial charge in [-0.1, -0.05) is 6.92 Å². The zero-order chi connectivity index (χ0) is 12.1. The van der Waals surface area contributed by atoms with Gasteiger partial charge in [-0.15, -0.1) is 23.4 Å². The minimum absolute atomic E-state index is 0.0285. The lowest BCUT2D eigenvalue weighted by molar-refractivity contribution is -0.388. The Hall–Kier alpha value is -0.330. The van der Waals surface area contributed by atoms with E-state index >= 15 is 0 Å². The molecule has 16 heavy (non-hydrogen) atoms. The number of nitro groups is 1. The lowest BCUT2D eigenvalue weighted by Gasteiger charge is -2.10. The molecule has 0 aliphatic rings. The summed E-state index contributed by atoms with van der Waals surface area (Å²) in [5.41, 5.74) is 0.0285. The molecule has 88 valence electrons. The van der Waals surface area contributed by atoms with Crippen LogP contribution in [-0.2, 0) is 0 Å². The van der Waals surface area contributed by atoms with Gasteiger partial charge in [-0.3, -0.25) is 15.1 Å². The molecule has 1 aromatic rings. The van der Waals surface area contributed by atoms with Crippen molar-refractivity contribution in [3.8, 4) is 0 Å². The van der Waals surface area contributed by atoms with E-state index < -0.39 is 4.92 Å². The van der Waals surface area contributed by atoms with Crippen LogP contribution >= 0.6 is 39.3 Å². The molecule has 0 amide bonds. The molecule has 0 saturated carbocycles. The van der Waals surface area contributed by atoms with Gasteiger partial charge in [-0.05, 0) is 22.4 Å². The number of aromatic nitrogens is 1. The van der Waals surface area contributed by atoms with Crippen molar-refractivity contribution in [2.75, 3.05) is 5.88 Å². The van der Waals surface area contributed by atoms with E-state index in [1.54, 1.807) is 6.20 Å². The van der Waals surface area contributed by atoms with Crippen LogP contribution in [0.4, 0.5) is 5.69 Å². The molecule has 0 aliphatic carbocycles. The Kier molecular flexibility index (Phi) is 5.51. The van der Waals surface area contributed by atoms with Gasteiger partial charge in [0.25, 0.3) is 0 Å². The molecule has 1 atom stereocenters. The second-order valence-electron chi connectivity index (χ2n) is 3.13. The fraction of sp³-hybridized carbons (Fsp3) is 0.444. The molecule has 1 aromatic heterocycles. The van der Waals surface area contributed by atoms with Crippen LogP contribution in [0.3, 0.4) is 0 Å². The molecule has 0 radical (unpaired) electrons. The van der Waals surface area contributed by atoms with Gasteiger partial charge in [0, 0.05) is 17.3 Å². The second-order valence-corrected chi connectivity index (χ2v) is 5.81. The van der Waals surface area contributed by atoms with Gasteiger partial charge in [-0.25, -0.2) is 0 Å². The van der Waals surface area contributed by atoms with Gasteiger partial charge in [0.05, 0.1) is 9.40 Å². The summed E-state index contributed by atoms with van der Waals surface area (Å²) in [5, 5.41) is 11.1. The van der Waals surface area contributed by atoms with Gasteiger partial charge >= 0.3 is 5.69 Å². The third-order valence-corrected chi connectivity index (χ3v) is 4.25. The van der Waals surface area contributed by atoms with Crippen molar-refractivity contribution in [2.24, 2.45) is 0 Å². The molecule has 0 aliphatic heterocycles. The van der Waals surface area contributed by atoms with Gasteiger partial charge in [0.1, 0.15) is 11.1 Å². The molecular formula is C9H10BrClN2O2S. The largest absolute Gasteiger partial charge is 0.302 e. The van der Waals surface area contributed by atoms with Crippen LogP contribution in [0.1, 0.15) is 13.3 Å². The monoisotopic (exact) mass is 324 g/mol. The van der Waals surface area contributed by atoms with E-state index in [-0.39, 0.29) is 10.9 Å². The van der Waals surface area contributed by atoms with Gasteiger partial charge in [0.15, 0.2) is 0 Å². The van der Waals surface area contributed by atoms with E-state index in [0.29, 0.717) is 15.2 Å². The second kappa shape index (κ2) is 6.42. The smallest absolute Gasteiger partial charge is 0.258 e. The predicted octanol–water partition coefficient (Wildman–Crippen LogP) is 3.86. The van der Waals surface area contributed by atoms with Crippen molar-refractivity contribution < 1.29 is 4.92 Å². The number of pyridine rings is 1. The van der Waals surface area contributed by atoms with Crippen molar-refractivity contribution in [3.05, 3.63) is 27.0 Å². The van der Waals surface area contributed by atoms with Crippen LogP contribution in [0, 0.1) is 10.1 Å². The Morgan fingerprint density at radius 3 is 2.94 bits per heavy atom. The summed E-state index contributed by atoms with van der Waals surface area (Å²) in [6, 6.07) is 0. The molecular weight excluding hydrogens is 316 g/mol. The molecule has 7 heteroatoms. The maximum Gasteiger partial charge on any atom is 0.302 e. The number of thioether (sulfide) groups is 1. The third-order valence-electron chi connectivity index (χ3n) is 1.87. The van der Waals surface area contributed by atoms with Gasteiger partial charge in [-0.2, -0.15) is 0 Å². The Morgan fingerprint density at radius 2 is 2.38 bits per heavy atom. The van der Waals surface area contributed by atoms with Crippen LogP contribution in [0.5, 0.6) is 0 Å². The molecule has 1 unspecified atom stereocenters. The molecule has 0 bridgehead atoms. The standard InChI is InChI=1S/C9H10BrClN2O2S/c1-6(2-3-11)16-9-7(10)4-12-5-8(9)13(14)15/h4-6H,2-3H2,1H3.